The number of ether oxygens (including phenoxy) is 1. The maximum atomic E-state index is 13.9. The summed E-state index contributed by atoms with van der Waals surface area (Å²) in [5, 5.41) is 0. The number of halogens is 1. The van der Waals surface area contributed by atoms with Gasteiger partial charge in [-0.2, -0.15) is 4.31 Å². The van der Waals surface area contributed by atoms with E-state index in [0.717, 1.165) is 16.9 Å². The topological polar surface area (TPSA) is 49.9 Å². The molecule has 140 valence electrons. The summed E-state index contributed by atoms with van der Waals surface area (Å²) in [6.45, 7) is 4.57. The average molecular weight is 378 g/mol. The Hall–Kier alpha value is -1.96. The molecule has 0 unspecified atom stereocenters. The van der Waals surface area contributed by atoms with Gasteiger partial charge in [0.05, 0.1) is 7.11 Å². The molecule has 1 fully saturated rings. The van der Waals surface area contributed by atoms with Gasteiger partial charge < -0.3 is 4.74 Å². The highest BCUT2D eigenvalue weighted by Gasteiger charge is 2.30. The van der Waals surface area contributed by atoms with Crippen molar-refractivity contribution in [1.29, 1.82) is 0 Å². The maximum Gasteiger partial charge on any atom is 0.246 e. The zero-order chi connectivity index (χ0) is 18.7. The van der Waals surface area contributed by atoms with Gasteiger partial charge in [0.2, 0.25) is 10.0 Å². The Balaban J connectivity index is 1.68. The van der Waals surface area contributed by atoms with Gasteiger partial charge in [-0.25, -0.2) is 12.8 Å². The largest absolute Gasteiger partial charge is 0.496 e. The quantitative estimate of drug-likeness (QED) is 0.803. The van der Waals surface area contributed by atoms with E-state index in [-0.39, 0.29) is 4.90 Å². The molecule has 0 saturated carbocycles. The number of methoxy groups -OCH3 is 1. The normalized spacial score (nSPS) is 16.6. The summed E-state index contributed by atoms with van der Waals surface area (Å²) in [5.74, 6) is 0.122. The number of sulfonamides is 1. The lowest BCUT2D eigenvalue weighted by Gasteiger charge is -2.34. The summed E-state index contributed by atoms with van der Waals surface area (Å²) in [4.78, 5) is 1.93. The third kappa shape index (κ3) is 3.90. The molecule has 0 aromatic heterocycles. The van der Waals surface area contributed by atoms with E-state index in [1.54, 1.807) is 7.11 Å². The molecule has 0 amide bonds. The Morgan fingerprint density at radius 3 is 2.42 bits per heavy atom. The number of hydrogen-bond acceptors (Lipinski definition) is 4. The van der Waals surface area contributed by atoms with Crippen LogP contribution in [0.4, 0.5) is 4.39 Å². The predicted octanol–water partition coefficient (Wildman–Crippen LogP) is 2.65. The van der Waals surface area contributed by atoms with E-state index in [1.165, 1.54) is 28.6 Å². The highest BCUT2D eigenvalue weighted by atomic mass is 32.2. The third-order valence-electron chi connectivity index (χ3n) is 4.62. The van der Waals surface area contributed by atoms with Crippen LogP contribution in [0, 0.1) is 12.7 Å². The highest BCUT2D eigenvalue weighted by Crippen LogP contribution is 2.24. The molecule has 2 aromatic rings. The molecule has 7 heteroatoms. The first-order chi connectivity index (χ1) is 12.4. The van der Waals surface area contributed by atoms with Crippen molar-refractivity contribution in [3.8, 4) is 5.75 Å². The second kappa shape index (κ2) is 7.73. The lowest BCUT2D eigenvalue weighted by molar-refractivity contribution is 0.179. The van der Waals surface area contributed by atoms with Crippen molar-refractivity contribution in [1.82, 2.24) is 9.21 Å². The first-order valence-corrected chi connectivity index (χ1v) is 9.96. The van der Waals surface area contributed by atoms with Crippen molar-refractivity contribution < 1.29 is 17.5 Å². The van der Waals surface area contributed by atoms with Gasteiger partial charge >= 0.3 is 0 Å². The SMILES string of the molecule is COc1ccc(C)cc1CN1CCN(S(=O)(=O)c2ccccc2F)CC1. The van der Waals surface area contributed by atoms with Gasteiger partial charge in [-0.3, -0.25) is 4.90 Å². The molecule has 1 aliphatic rings. The van der Waals surface area contributed by atoms with Gasteiger partial charge in [-0.1, -0.05) is 29.8 Å². The molecule has 0 atom stereocenters. The van der Waals surface area contributed by atoms with Crippen LogP contribution in [0.15, 0.2) is 47.4 Å². The number of nitrogens with zero attached hydrogens (tertiary/aromatic N) is 2. The molecule has 0 spiro atoms. The number of aryl methyl sites for hydroxylation is 1. The van der Waals surface area contributed by atoms with Crippen LogP contribution in [0.1, 0.15) is 11.1 Å². The fraction of sp³-hybridized carbons (Fsp3) is 0.368. The molecule has 5 nitrogen and oxygen atoms in total. The summed E-state index contributed by atoms with van der Waals surface area (Å²) in [6.07, 6.45) is 0. The molecular weight excluding hydrogens is 355 g/mol. The minimum absolute atomic E-state index is 0.256. The molecule has 3 rings (SSSR count). The summed E-state index contributed by atoms with van der Waals surface area (Å²) in [7, 11) is -2.16. The Morgan fingerprint density at radius 1 is 1.08 bits per heavy atom. The molecule has 0 N–H and O–H groups in total. The molecule has 26 heavy (non-hydrogen) atoms. The molecule has 1 heterocycles. The lowest BCUT2D eigenvalue weighted by atomic mass is 10.1. The van der Waals surface area contributed by atoms with Crippen molar-refractivity contribution >= 4 is 10.0 Å². The van der Waals surface area contributed by atoms with Crippen molar-refractivity contribution in [2.75, 3.05) is 33.3 Å². The van der Waals surface area contributed by atoms with E-state index in [1.807, 2.05) is 19.1 Å². The van der Waals surface area contributed by atoms with Crippen LogP contribution in [0.5, 0.6) is 5.75 Å². The van der Waals surface area contributed by atoms with Gasteiger partial charge in [0.25, 0.3) is 0 Å². The molecule has 2 aromatic carbocycles. The van der Waals surface area contributed by atoms with Crippen LogP contribution in [-0.4, -0.2) is 50.9 Å². The smallest absolute Gasteiger partial charge is 0.246 e. The summed E-state index contributed by atoms with van der Waals surface area (Å²) in [5.41, 5.74) is 2.24. The standard InChI is InChI=1S/C19H23FN2O3S/c1-15-7-8-18(25-2)16(13-15)14-21-9-11-22(12-10-21)26(23,24)19-6-4-3-5-17(19)20/h3-8,13H,9-12,14H2,1-2H3. The molecular formula is C19H23FN2O3S. The lowest BCUT2D eigenvalue weighted by Crippen LogP contribution is -2.48. The second-order valence-electron chi connectivity index (χ2n) is 6.43. The zero-order valence-corrected chi connectivity index (χ0v) is 15.8. The van der Waals surface area contributed by atoms with Gasteiger partial charge in [-0.05, 0) is 25.1 Å². The summed E-state index contributed by atoms with van der Waals surface area (Å²) >= 11 is 0. The van der Waals surface area contributed by atoms with Crippen LogP contribution in [-0.2, 0) is 16.6 Å². The summed E-state index contributed by atoms with van der Waals surface area (Å²) in [6, 6.07) is 11.5. The monoisotopic (exact) mass is 378 g/mol. The van der Waals surface area contributed by atoms with Gasteiger partial charge in [0.15, 0.2) is 0 Å². The number of benzene rings is 2. The molecule has 1 saturated heterocycles. The molecule has 1 aliphatic heterocycles. The fourth-order valence-electron chi connectivity index (χ4n) is 3.19. The Morgan fingerprint density at radius 2 is 1.77 bits per heavy atom. The molecule has 0 radical (unpaired) electrons. The van der Waals surface area contributed by atoms with Crippen LogP contribution in [0.25, 0.3) is 0 Å². The Bertz CT molecular complexity index is 878. The molecule has 0 bridgehead atoms. The second-order valence-corrected chi connectivity index (χ2v) is 8.33. The third-order valence-corrected chi connectivity index (χ3v) is 6.55. The first kappa shape index (κ1) is 18.8. The maximum absolute atomic E-state index is 13.9. The molecule has 0 aliphatic carbocycles. The van der Waals surface area contributed by atoms with Gasteiger partial charge in [0.1, 0.15) is 16.5 Å². The number of hydrogen-bond donors (Lipinski definition) is 0. The van der Waals surface area contributed by atoms with Crippen molar-refractivity contribution in [2.45, 2.75) is 18.4 Å². The van der Waals surface area contributed by atoms with Crippen molar-refractivity contribution in [3.63, 3.8) is 0 Å². The Labute approximate surface area is 154 Å². The first-order valence-electron chi connectivity index (χ1n) is 8.52. The van der Waals surface area contributed by atoms with E-state index >= 15 is 0 Å². The number of piperazine rings is 1. The van der Waals surface area contributed by atoms with Gasteiger partial charge in [-0.15, -0.1) is 0 Å². The van der Waals surface area contributed by atoms with E-state index < -0.39 is 15.8 Å². The van der Waals surface area contributed by atoms with E-state index in [9.17, 15) is 12.8 Å². The van der Waals surface area contributed by atoms with Crippen LogP contribution in [0.2, 0.25) is 0 Å². The average Bonchev–Trinajstić information content (AvgIpc) is 2.62. The van der Waals surface area contributed by atoms with E-state index in [0.29, 0.717) is 32.7 Å². The predicted molar refractivity (Wildman–Crippen MR) is 98.2 cm³/mol. The van der Waals surface area contributed by atoms with Crippen LogP contribution >= 0.6 is 0 Å². The van der Waals surface area contributed by atoms with Crippen molar-refractivity contribution in [2.24, 2.45) is 0 Å². The number of rotatable bonds is 5. The van der Waals surface area contributed by atoms with E-state index in [4.69, 9.17) is 4.74 Å². The fourth-order valence-corrected chi connectivity index (χ4v) is 4.68. The van der Waals surface area contributed by atoms with Crippen molar-refractivity contribution in [3.05, 3.63) is 59.4 Å². The Kier molecular flexibility index (Phi) is 5.60. The zero-order valence-electron chi connectivity index (χ0n) is 15.0. The summed E-state index contributed by atoms with van der Waals surface area (Å²) < 4.78 is 46.0. The van der Waals surface area contributed by atoms with E-state index in [2.05, 4.69) is 11.0 Å². The van der Waals surface area contributed by atoms with Gasteiger partial charge in [0, 0.05) is 38.3 Å². The minimum Gasteiger partial charge on any atom is -0.496 e. The minimum atomic E-state index is -3.80. The van der Waals surface area contributed by atoms with Crippen LogP contribution < -0.4 is 4.74 Å². The highest BCUT2D eigenvalue weighted by molar-refractivity contribution is 7.89. The van der Waals surface area contributed by atoms with Crippen LogP contribution in [0.3, 0.4) is 0 Å².